The molecule has 30 heavy (non-hydrogen) atoms. The molecule has 1 fully saturated rings. The van der Waals surface area contributed by atoms with Gasteiger partial charge in [-0.2, -0.15) is 5.10 Å². The second kappa shape index (κ2) is 9.65. The molecule has 1 saturated carbocycles. The number of esters is 1. The van der Waals surface area contributed by atoms with E-state index in [0.29, 0.717) is 40.4 Å². The second-order valence-corrected chi connectivity index (χ2v) is 8.72. The van der Waals surface area contributed by atoms with Gasteiger partial charge in [-0.05, 0) is 43.7 Å². The number of rotatable bonds is 6. The van der Waals surface area contributed by atoms with Crippen molar-refractivity contribution in [3.8, 4) is 0 Å². The van der Waals surface area contributed by atoms with E-state index in [0.717, 1.165) is 18.4 Å². The molecule has 7 heteroatoms. The Bertz CT molecular complexity index is 924. The van der Waals surface area contributed by atoms with Gasteiger partial charge in [-0.3, -0.25) is 9.48 Å². The van der Waals surface area contributed by atoms with Gasteiger partial charge in [0.15, 0.2) is 6.61 Å². The highest BCUT2D eigenvalue weighted by molar-refractivity contribution is 6.31. The standard InChI is InChI=1S/C23H30ClN3O3/c1-14-8-7-11-20(15(14)2)25-21(28)13-30-23(29)22-16(3)26-27(17(22)4)12-18-9-5-6-10-19(18)24/h5-6,9-10,14-15,20H,7-8,11-13H2,1-4H3,(H,25,28)/t14-,15-,20-/m0/s1. The zero-order valence-corrected chi connectivity index (χ0v) is 18.8. The van der Waals surface area contributed by atoms with Gasteiger partial charge in [0.1, 0.15) is 5.56 Å². The lowest BCUT2D eigenvalue weighted by molar-refractivity contribution is -0.125. The Kier molecular flexibility index (Phi) is 7.19. The summed E-state index contributed by atoms with van der Waals surface area (Å²) >= 11 is 6.24. The number of halogens is 1. The van der Waals surface area contributed by atoms with E-state index in [-0.39, 0.29) is 18.6 Å². The van der Waals surface area contributed by atoms with Gasteiger partial charge in [0.2, 0.25) is 0 Å². The maximum atomic E-state index is 12.7. The highest BCUT2D eigenvalue weighted by Gasteiger charge is 2.28. The number of nitrogens with zero attached hydrogens (tertiary/aromatic N) is 2. The molecule has 1 aliphatic carbocycles. The summed E-state index contributed by atoms with van der Waals surface area (Å²) in [6, 6.07) is 7.67. The maximum absolute atomic E-state index is 12.7. The van der Waals surface area contributed by atoms with E-state index >= 15 is 0 Å². The molecule has 0 unspecified atom stereocenters. The lowest BCUT2D eigenvalue weighted by Gasteiger charge is -2.34. The molecule has 0 bridgehead atoms. The minimum absolute atomic E-state index is 0.141. The van der Waals surface area contributed by atoms with Crippen molar-refractivity contribution >= 4 is 23.5 Å². The summed E-state index contributed by atoms with van der Waals surface area (Å²) in [5, 5.41) is 8.14. The predicted molar refractivity (Wildman–Crippen MR) is 117 cm³/mol. The fourth-order valence-electron chi connectivity index (χ4n) is 4.17. The van der Waals surface area contributed by atoms with Crippen molar-refractivity contribution in [1.29, 1.82) is 0 Å². The van der Waals surface area contributed by atoms with E-state index < -0.39 is 5.97 Å². The zero-order chi connectivity index (χ0) is 21.8. The molecule has 0 spiro atoms. The van der Waals surface area contributed by atoms with Crippen LogP contribution in [0.15, 0.2) is 24.3 Å². The fourth-order valence-corrected chi connectivity index (χ4v) is 4.37. The molecule has 162 valence electrons. The van der Waals surface area contributed by atoms with Gasteiger partial charge >= 0.3 is 5.97 Å². The van der Waals surface area contributed by atoms with E-state index in [4.69, 9.17) is 16.3 Å². The molecule has 1 heterocycles. The van der Waals surface area contributed by atoms with Crippen molar-refractivity contribution in [1.82, 2.24) is 15.1 Å². The first kappa shape index (κ1) is 22.3. The number of aromatic nitrogens is 2. The highest BCUT2D eigenvalue weighted by Crippen LogP contribution is 2.29. The largest absolute Gasteiger partial charge is 0.452 e. The van der Waals surface area contributed by atoms with Gasteiger partial charge in [0.05, 0.1) is 17.9 Å². The Morgan fingerprint density at radius 1 is 1.23 bits per heavy atom. The molecule has 6 nitrogen and oxygen atoms in total. The smallest absolute Gasteiger partial charge is 0.342 e. The number of amides is 1. The number of aryl methyl sites for hydroxylation is 1. The molecule has 1 amide bonds. The van der Waals surface area contributed by atoms with Crippen LogP contribution in [-0.2, 0) is 16.1 Å². The molecule has 1 aromatic carbocycles. The molecule has 1 N–H and O–H groups in total. The SMILES string of the molecule is Cc1nn(Cc2ccccc2Cl)c(C)c1C(=O)OCC(=O)N[C@H]1CCC[C@H](C)[C@@H]1C. The van der Waals surface area contributed by atoms with Gasteiger partial charge in [-0.1, -0.05) is 56.5 Å². The van der Waals surface area contributed by atoms with Crippen molar-refractivity contribution in [3.63, 3.8) is 0 Å². The number of carbonyl (C=O) groups excluding carboxylic acids is 2. The lowest BCUT2D eigenvalue weighted by atomic mass is 9.78. The van der Waals surface area contributed by atoms with Crippen molar-refractivity contribution in [2.45, 2.75) is 59.5 Å². The summed E-state index contributed by atoms with van der Waals surface area (Å²) in [6.45, 7) is 8.13. The average molecular weight is 432 g/mol. The summed E-state index contributed by atoms with van der Waals surface area (Å²) < 4.78 is 7.05. The molecular weight excluding hydrogens is 402 g/mol. The first-order valence-corrected chi connectivity index (χ1v) is 10.9. The summed E-state index contributed by atoms with van der Waals surface area (Å²) in [6.07, 6.45) is 3.27. The van der Waals surface area contributed by atoms with Crippen LogP contribution in [0, 0.1) is 25.7 Å². The normalized spacial score (nSPS) is 21.3. The minimum atomic E-state index is -0.532. The van der Waals surface area contributed by atoms with E-state index in [9.17, 15) is 9.59 Å². The van der Waals surface area contributed by atoms with Gasteiger partial charge in [-0.25, -0.2) is 4.79 Å². The molecule has 2 aromatic rings. The van der Waals surface area contributed by atoms with Crippen LogP contribution in [0.5, 0.6) is 0 Å². The third kappa shape index (κ3) is 5.04. The Morgan fingerprint density at radius 2 is 1.97 bits per heavy atom. The quantitative estimate of drug-likeness (QED) is 0.692. The van der Waals surface area contributed by atoms with Crippen LogP contribution in [-0.4, -0.2) is 34.3 Å². The van der Waals surface area contributed by atoms with Crippen LogP contribution in [0.4, 0.5) is 0 Å². The van der Waals surface area contributed by atoms with E-state index in [1.165, 1.54) is 6.42 Å². The topological polar surface area (TPSA) is 73.2 Å². The summed E-state index contributed by atoms with van der Waals surface area (Å²) in [7, 11) is 0. The summed E-state index contributed by atoms with van der Waals surface area (Å²) in [4.78, 5) is 25.0. The molecule has 3 rings (SSSR count). The Balaban J connectivity index is 1.61. The Labute approximate surface area is 182 Å². The van der Waals surface area contributed by atoms with Gasteiger partial charge < -0.3 is 10.1 Å². The summed E-state index contributed by atoms with van der Waals surface area (Å²) in [5.41, 5.74) is 2.57. The van der Waals surface area contributed by atoms with Gasteiger partial charge in [0, 0.05) is 11.1 Å². The Hall–Kier alpha value is -2.34. The molecule has 1 aliphatic rings. The maximum Gasteiger partial charge on any atom is 0.342 e. The number of hydrogen-bond acceptors (Lipinski definition) is 4. The van der Waals surface area contributed by atoms with Crippen LogP contribution < -0.4 is 5.32 Å². The highest BCUT2D eigenvalue weighted by atomic mass is 35.5. The monoisotopic (exact) mass is 431 g/mol. The van der Waals surface area contributed by atoms with Crippen LogP contribution in [0.2, 0.25) is 5.02 Å². The van der Waals surface area contributed by atoms with Crippen LogP contribution in [0.3, 0.4) is 0 Å². The number of nitrogens with one attached hydrogen (secondary N) is 1. The molecule has 1 aromatic heterocycles. The van der Waals surface area contributed by atoms with Gasteiger partial charge in [-0.15, -0.1) is 0 Å². The van der Waals surface area contributed by atoms with Crippen LogP contribution >= 0.6 is 11.6 Å². The summed E-state index contributed by atoms with van der Waals surface area (Å²) in [5.74, 6) is 0.218. The van der Waals surface area contributed by atoms with Crippen molar-refractivity contribution in [2.75, 3.05) is 6.61 Å². The van der Waals surface area contributed by atoms with Gasteiger partial charge in [0.25, 0.3) is 5.91 Å². The molecular formula is C23H30ClN3O3. The molecule has 0 radical (unpaired) electrons. The number of benzene rings is 1. The first-order chi connectivity index (χ1) is 14.3. The predicted octanol–water partition coefficient (Wildman–Crippen LogP) is 4.30. The van der Waals surface area contributed by atoms with Crippen molar-refractivity contribution in [2.24, 2.45) is 11.8 Å². The minimum Gasteiger partial charge on any atom is -0.452 e. The van der Waals surface area contributed by atoms with E-state index in [1.54, 1.807) is 11.6 Å². The number of ether oxygens (including phenoxy) is 1. The van der Waals surface area contributed by atoms with Crippen molar-refractivity contribution < 1.29 is 14.3 Å². The first-order valence-electron chi connectivity index (χ1n) is 10.5. The zero-order valence-electron chi connectivity index (χ0n) is 18.1. The number of carbonyl (C=O) groups is 2. The third-order valence-corrected chi connectivity index (χ3v) is 6.62. The fraction of sp³-hybridized carbons (Fsp3) is 0.522. The van der Waals surface area contributed by atoms with E-state index in [2.05, 4.69) is 24.3 Å². The van der Waals surface area contributed by atoms with Crippen LogP contribution in [0.25, 0.3) is 0 Å². The second-order valence-electron chi connectivity index (χ2n) is 8.31. The molecule has 3 atom stereocenters. The van der Waals surface area contributed by atoms with Crippen LogP contribution in [0.1, 0.15) is 60.4 Å². The molecule has 0 aliphatic heterocycles. The van der Waals surface area contributed by atoms with Crippen molar-refractivity contribution in [3.05, 3.63) is 51.8 Å². The Morgan fingerprint density at radius 3 is 2.70 bits per heavy atom. The lowest BCUT2D eigenvalue weighted by Crippen LogP contribution is -2.45. The molecule has 0 saturated heterocycles. The van der Waals surface area contributed by atoms with E-state index in [1.807, 2.05) is 31.2 Å². The average Bonchev–Trinajstić information content (AvgIpc) is 2.98. The third-order valence-electron chi connectivity index (χ3n) is 6.25. The number of hydrogen-bond donors (Lipinski definition) is 1.